The Bertz CT molecular complexity index is 1030. The minimum Gasteiger partial charge on any atom is -0.306 e. The van der Waals surface area contributed by atoms with E-state index in [1.54, 1.807) is 0 Å². The molecule has 0 aliphatic rings. The predicted molar refractivity (Wildman–Crippen MR) is 93.3 cm³/mol. The smallest absolute Gasteiger partial charge is 0.306 e. The van der Waals surface area contributed by atoms with E-state index in [1.165, 1.54) is 12.3 Å². The highest BCUT2D eigenvalue weighted by Crippen LogP contribution is 2.38. The molecule has 0 spiro atoms. The summed E-state index contributed by atoms with van der Waals surface area (Å²) in [6, 6.07) is 3.74. The maximum atomic E-state index is 13.3. The minimum absolute atomic E-state index is 0.118. The highest BCUT2D eigenvalue weighted by atomic mass is 19.4. The van der Waals surface area contributed by atoms with Gasteiger partial charge in [-0.2, -0.15) is 26.3 Å². The molecule has 3 aromatic rings. The Morgan fingerprint density at radius 1 is 1.00 bits per heavy atom. The highest BCUT2D eigenvalue weighted by Gasteiger charge is 2.37. The van der Waals surface area contributed by atoms with E-state index in [2.05, 4.69) is 20.6 Å². The predicted octanol–water partition coefficient (Wildman–Crippen LogP) is 4.74. The van der Waals surface area contributed by atoms with E-state index in [9.17, 15) is 26.3 Å². The van der Waals surface area contributed by atoms with Crippen LogP contribution in [-0.4, -0.2) is 25.5 Å². The molecule has 0 saturated carbocycles. The monoisotopic (exact) mass is 417 g/mol. The number of hydrogen-bond donors (Lipinski definition) is 1. The summed E-state index contributed by atoms with van der Waals surface area (Å²) in [5, 5.41) is 10.7. The number of pyridine rings is 1. The third-order valence-corrected chi connectivity index (χ3v) is 4.00. The van der Waals surface area contributed by atoms with Crippen LogP contribution in [0.5, 0.6) is 0 Å². The molecule has 29 heavy (non-hydrogen) atoms. The summed E-state index contributed by atoms with van der Waals surface area (Å²) >= 11 is 0. The topological polar surface area (TPSA) is 55.6 Å². The van der Waals surface area contributed by atoms with Crippen molar-refractivity contribution in [1.82, 2.24) is 25.3 Å². The summed E-state index contributed by atoms with van der Waals surface area (Å²) in [5.41, 5.74) is -3.50. The fourth-order valence-corrected chi connectivity index (χ4v) is 2.65. The van der Waals surface area contributed by atoms with Crippen molar-refractivity contribution < 1.29 is 26.3 Å². The van der Waals surface area contributed by atoms with E-state index in [0.29, 0.717) is 17.8 Å². The molecule has 0 radical (unpaired) electrons. The molecule has 0 unspecified atom stereocenters. The van der Waals surface area contributed by atoms with Gasteiger partial charge in [0.2, 0.25) is 0 Å². The second-order valence-electron chi connectivity index (χ2n) is 7.48. The lowest BCUT2D eigenvalue weighted by atomic mass is 10.1. The molecule has 1 N–H and O–H groups in total. The van der Waals surface area contributed by atoms with Crippen LogP contribution in [0.4, 0.5) is 26.3 Å². The van der Waals surface area contributed by atoms with Crippen molar-refractivity contribution in [1.29, 1.82) is 0 Å². The Morgan fingerprint density at radius 2 is 1.69 bits per heavy atom. The standard InChI is InChI=1S/C18H17F6N5/c1-16(2,3)25-8-10-9-29(28-27-10)13-7-14(18(22,23)24)26-15-11(13)5-4-6-12(15)17(19,20)21/h4-7,9,25H,8H2,1-3H3. The van der Waals surface area contributed by atoms with Crippen LogP contribution in [-0.2, 0) is 18.9 Å². The number of fused-ring (bicyclic) bond motifs is 1. The van der Waals surface area contributed by atoms with Crippen molar-refractivity contribution in [3.8, 4) is 5.69 Å². The molecule has 0 bridgehead atoms. The summed E-state index contributed by atoms with van der Waals surface area (Å²) in [6.07, 6.45) is -8.43. The van der Waals surface area contributed by atoms with Gasteiger partial charge in [-0.25, -0.2) is 9.67 Å². The lowest BCUT2D eigenvalue weighted by molar-refractivity contribution is -0.142. The minimum atomic E-state index is -4.93. The van der Waals surface area contributed by atoms with Gasteiger partial charge >= 0.3 is 12.4 Å². The van der Waals surface area contributed by atoms with Crippen molar-refractivity contribution in [3.63, 3.8) is 0 Å². The third kappa shape index (κ3) is 4.66. The number of hydrogen-bond acceptors (Lipinski definition) is 4. The van der Waals surface area contributed by atoms with Gasteiger partial charge in [-0.15, -0.1) is 5.10 Å². The molecule has 2 aromatic heterocycles. The normalized spacial score (nSPS) is 13.3. The van der Waals surface area contributed by atoms with Gasteiger partial charge in [0.25, 0.3) is 0 Å². The van der Waals surface area contributed by atoms with Crippen molar-refractivity contribution in [3.05, 3.63) is 47.4 Å². The van der Waals surface area contributed by atoms with Crippen LogP contribution in [0.3, 0.4) is 0 Å². The molecule has 2 heterocycles. The Morgan fingerprint density at radius 3 is 2.28 bits per heavy atom. The Balaban J connectivity index is 2.18. The summed E-state index contributed by atoms with van der Waals surface area (Å²) in [6.45, 7) is 6.04. The lowest BCUT2D eigenvalue weighted by Crippen LogP contribution is -2.35. The number of alkyl halides is 6. The number of nitrogens with one attached hydrogen (secondary N) is 1. The van der Waals surface area contributed by atoms with Gasteiger partial charge in [-0.3, -0.25) is 0 Å². The molecule has 0 atom stereocenters. The number of rotatable bonds is 3. The molecule has 1 aromatic carbocycles. The van der Waals surface area contributed by atoms with Crippen LogP contribution >= 0.6 is 0 Å². The van der Waals surface area contributed by atoms with Gasteiger partial charge in [0.05, 0.1) is 28.7 Å². The van der Waals surface area contributed by atoms with E-state index < -0.39 is 29.1 Å². The van der Waals surface area contributed by atoms with E-state index in [4.69, 9.17) is 0 Å². The highest BCUT2D eigenvalue weighted by molar-refractivity contribution is 5.90. The number of benzene rings is 1. The first-order valence-corrected chi connectivity index (χ1v) is 8.50. The first-order chi connectivity index (χ1) is 13.3. The largest absolute Gasteiger partial charge is 0.433 e. The van der Waals surface area contributed by atoms with E-state index >= 15 is 0 Å². The summed E-state index contributed by atoms with van der Waals surface area (Å²) in [4.78, 5) is 3.26. The molecule has 0 aliphatic heterocycles. The number of nitrogens with zero attached hydrogens (tertiary/aromatic N) is 4. The molecule has 0 amide bonds. The summed E-state index contributed by atoms with van der Waals surface area (Å²) < 4.78 is 80.9. The van der Waals surface area contributed by atoms with E-state index in [1.807, 2.05) is 20.8 Å². The van der Waals surface area contributed by atoms with Crippen molar-refractivity contribution >= 4 is 10.9 Å². The quantitative estimate of drug-likeness (QED) is 0.626. The maximum Gasteiger partial charge on any atom is 0.433 e. The van der Waals surface area contributed by atoms with Crippen LogP contribution in [0.2, 0.25) is 0 Å². The first kappa shape index (κ1) is 21.0. The van der Waals surface area contributed by atoms with Crippen molar-refractivity contribution in [2.24, 2.45) is 0 Å². The fraction of sp³-hybridized carbons (Fsp3) is 0.389. The second kappa shape index (κ2) is 6.97. The SMILES string of the molecule is CC(C)(C)NCc1cn(-c2cc(C(F)(F)F)nc3c(C(F)(F)F)cccc23)nn1. The average molecular weight is 417 g/mol. The Hall–Kier alpha value is -2.69. The lowest BCUT2D eigenvalue weighted by Gasteiger charge is -2.19. The van der Waals surface area contributed by atoms with E-state index in [-0.39, 0.29) is 23.2 Å². The summed E-state index contributed by atoms with van der Waals surface area (Å²) in [5.74, 6) is 0. The van der Waals surface area contributed by atoms with Crippen LogP contribution in [0.1, 0.15) is 37.7 Å². The molecule has 156 valence electrons. The van der Waals surface area contributed by atoms with Crippen LogP contribution in [0, 0.1) is 0 Å². The van der Waals surface area contributed by atoms with Crippen molar-refractivity contribution in [2.45, 2.75) is 45.2 Å². The second-order valence-corrected chi connectivity index (χ2v) is 7.48. The Kier molecular flexibility index (Phi) is 5.06. The number of halogens is 6. The zero-order valence-electron chi connectivity index (χ0n) is 15.7. The molecular formula is C18H17F6N5. The number of para-hydroxylation sites is 1. The van der Waals surface area contributed by atoms with Crippen molar-refractivity contribution in [2.75, 3.05) is 0 Å². The molecule has 11 heteroatoms. The first-order valence-electron chi connectivity index (χ1n) is 8.50. The molecule has 0 fully saturated rings. The molecule has 0 aliphatic carbocycles. The van der Waals surface area contributed by atoms with Gasteiger partial charge in [0.15, 0.2) is 0 Å². The fourth-order valence-electron chi connectivity index (χ4n) is 2.65. The van der Waals surface area contributed by atoms with Gasteiger partial charge in [-0.05, 0) is 32.9 Å². The zero-order valence-corrected chi connectivity index (χ0v) is 15.7. The molecule has 3 rings (SSSR count). The van der Waals surface area contributed by atoms with Gasteiger partial charge in [0, 0.05) is 17.5 Å². The van der Waals surface area contributed by atoms with Gasteiger partial charge in [0.1, 0.15) is 5.69 Å². The average Bonchev–Trinajstić information content (AvgIpc) is 3.05. The van der Waals surface area contributed by atoms with E-state index in [0.717, 1.165) is 10.7 Å². The van der Waals surface area contributed by atoms with Crippen LogP contribution in [0.25, 0.3) is 16.6 Å². The zero-order chi connectivity index (χ0) is 21.6. The molecular weight excluding hydrogens is 400 g/mol. The van der Waals surface area contributed by atoms with Crippen LogP contribution in [0.15, 0.2) is 30.5 Å². The Labute approximate surface area is 161 Å². The van der Waals surface area contributed by atoms with Gasteiger partial charge < -0.3 is 5.32 Å². The molecule has 0 saturated heterocycles. The van der Waals surface area contributed by atoms with Crippen LogP contribution < -0.4 is 5.32 Å². The number of aromatic nitrogens is 4. The summed E-state index contributed by atoms with van der Waals surface area (Å²) in [7, 11) is 0. The van der Waals surface area contributed by atoms with Gasteiger partial charge in [-0.1, -0.05) is 17.3 Å². The molecule has 5 nitrogen and oxygen atoms in total. The third-order valence-electron chi connectivity index (χ3n) is 4.00. The maximum absolute atomic E-state index is 13.3.